The van der Waals surface area contributed by atoms with Crippen molar-refractivity contribution >= 4 is 5.97 Å². The van der Waals surface area contributed by atoms with Crippen LogP contribution in [0.5, 0.6) is 0 Å². The van der Waals surface area contributed by atoms with E-state index in [1.54, 1.807) is 6.07 Å². The molecule has 88 valence electrons. The summed E-state index contributed by atoms with van der Waals surface area (Å²) in [6.07, 6.45) is -2.69. The molecule has 1 rings (SSSR count). The molecule has 0 aliphatic carbocycles. The van der Waals surface area contributed by atoms with E-state index in [-0.39, 0.29) is 12.2 Å². The fourth-order valence-electron chi connectivity index (χ4n) is 1.16. The van der Waals surface area contributed by atoms with E-state index >= 15 is 0 Å². The molecule has 0 saturated heterocycles. The van der Waals surface area contributed by atoms with Crippen LogP contribution in [0.4, 0.5) is 13.2 Å². The van der Waals surface area contributed by atoms with Gasteiger partial charge in [0.1, 0.15) is 0 Å². The summed E-state index contributed by atoms with van der Waals surface area (Å²) >= 11 is 0. The number of rotatable bonds is 4. The summed E-state index contributed by atoms with van der Waals surface area (Å²) < 4.78 is 44.0. The van der Waals surface area contributed by atoms with Crippen LogP contribution in [0.15, 0.2) is 30.3 Å². The van der Waals surface area contributed by atoms with E-state index in [1.165, 1.54) is 31.2 Å². The van der Waals surface area contributed by atoms with Crippen LogP contribution < -0.4 is 0 Å². The molecule has 0 heterocycles. The maximum atomic E-state index is 13.4. The van der Waals surface area contributed by atoms with Crippen LogP contribution in [0.2, 0.25) is 0 Å². The first-order valence-electron chi connectivity index (χ1n) is 4.74. The Labute approximate surface area is 91.0 Å². The molecule has 0 aromatic heterocycles. The van der Waals surface area contributed by atoms with E-state index in [0.29, 0.717) is 0 Å². The molecule has 0 N–H and O–H groups in total. The van der Waals surface area contributed by atoms with E-state index in [2.05, 4.69) is 4.74 Å². The van der Waals surface area contributed by atoms with Gasteiger partial charge >= 0.3 is 11.9 Å². The van der Waals surface area contributed by atoms with Crippen LogP contribution >= 0.6 is 0 Å². The molecular weight excluding hydrogens is 221 g/mol. The SMILES string of the molecule is CCOC(=O)C(F)(F)C(F)c1ccccc1. The number of esters is 1. The van der Waals surface area contributed by atoms with Gasteiger partial charge in [-0.3, -0.25) is 0 Å². The summed E-state index contributed by atoms with van der Waals surface area (Å²) in [6, 6.07) is 6.79. The minimum Gasteiger partial charge on any atom is -0.461 e. The largest absolute Gasteiger partial charge is 0.461 e. The summed E-state index contributed by atoms with van der Waals surface area (Å²) in [5.74, 6) is -6.00. The van der Waals surface area contributed by atoms with Crippen LogP contribution in [0.3, 0.4) is 0 Å². The third-order valence-corrected chi connectivity index (χ3v) is 1.96. The summed E-state index contributed by atoms with van der Waals surface area (Å²) in [6.45, 7) is 1.17. The molecule has 0 aliphatic heterocycles. The van der Waals surface area contributed by atoms with Gasteiger partial charge in [-0.05, 0) is 12.5 Å². The molecule has 1 unspecified atom stereocenters. The molecule has 1 aromatic carbocycles. The molecule has 0 fully saturated rings. The molecule has 0 saturated carbocycles. The van der Waals surface area contributed by atoms with Gasteiger partial charge in [0, 0.05) is 0 Å². The average Bonchev–Trinajstić information content (AvgIpc) is 2.29. The molecule has 0 bridgehead atoms. The molecule has 1 aromatic rings. The monoisotopic (exact) mass is 232 g/mol. The van der Waals surface area contributed by atoms with Crippen molar-refractivity contribution in [3.8, 4) is 0 Å². The lowest BCUT2D eigenvalue weighted by atomic mass is 10.1. The fourth-order valence-corrected chi connectivity index (χ4v) is 1.16. The van der Waals surface area contributed by atoms with Crippen molar-refractivity contribution in [3.05, 3.63) is 35.9 Å². The number of alkyl halides is 3. The first-order chi connectivity index (χ1) is 7.50. The minimum absolute atomic E-state index is 0.212. The Morgan fingerprint density at radius 2 is 1.94 bits per heavy atom. The number of ether oxygens (including phenoxy) is 1. The maximum Gasteiger partial charge on any atom is 0.380 e. The zero-order valence-electron chi connectivity index (χ0n) is 8.62. The molecule has 5 heteroatoms. The van der Waals surface area contributed by atoms with E-state index in [0.717, 1.165) is 0 Å². The highest BCUT2D eigenvalue weighted by Crippen LogP contribution is 2.35. The minimum atomic E-state index is -4.16. The normalized spacial score (nSPS) is 13.2. The van der Waals surface area contributed by atoms with Crippen molar-refractivity contribution < 1.29 is 22.7 Å². The summed E-state index contributed by atoms with van der Waals surface area (Å²) in [4.78, 5) is 10.9. The Bertz CT molecular complexity index is 352. The Morgan fingerprint density at radius 1 is 1.38 bits per heavy atom. The van der Waals surface area contributed by atoms with Gasteiger partial charge in [-0.15, -0.1) is 0 Å². The van der Waals surface area contributed by atoms with E-state index in [9.17, 15) is 18.0 Å². The third kappa shape index (κ3) is 2.53. The molecular formula is C11H11F3O2. The third-order valence-electron chi connectivity index (χ3n) is 1.96. The first-order valence-corrected chi connectivity index (χ1v) is 4.74. The highest BCUT2D eigenvalue weighted by Gasteiger charge is 2.50. The van der Waals surface area contributed by atoms with Crippen LogP contribution in [0, 0.1) is 0 Å². The van der Waals surface area contributed by atoms with Gasteiger partial charge in [0.2, 0.25) is 0 Å². The summed E-state index contributed by atoms with van der Waals surface area (Å²) in [5.41, 5.74) is -0.249. The smallest absolute Gasteiger partial charge is 0.380 e. The van der Waals surface area contributed by atoms with Gasteiger partial charge < -0.3 is 4.74 Å². The zero-order chi connectivity index (χ0) is 12.2. The predicted molar refractivity (Wildman–Crippen MR) is 51.9 cm³/mol. The number of hydrogen-bond acceptors (Lipinski definition) is 2. The second-order valence-electron chi connectivity index (χ2n) is 3.12. The summed E-state index contributed by atoms with van der Waals surface area (Å²) in [7, 11) is 0. The number of carbonyl (C=O) groups excluding carboxylic acids is 1. The second-order valence-corrected chi connectivity index (χ2v) is 3.12. The zero-order valence-corrected chi connectivity index (χ0v) is 8.62. The molecule has 0 aliphatic rings. The van der Waals surface area contributed by atoms with Crippen molar-refractivity contribution in [2.75, 3.05) is 6.61 Å². The van der Waals surface area contributed by atoms with E-state index in [1.807, 2.05) is 0 Å². The fraction of sp³-hybridized carbons (Fsp3) is 0.364. The van der Waals surface area contributed by atoms with Gasteiger partial charge in [0.15, 0.2) is 6.17 Å². The number of carbonyl (C=O) groups is 1. The van der Waals surface area contributed by atoms with Gasteiger partial charge in [-0.2, -0.15) is 8.78 Å². The average molecular weight is 232 g/mol. The molecule has 0 amide bonds. The predicted octanol–water partition coefficient (Wildman–Crippen LogP) is 2.90. The van der Waals surface area contributed by atoms with Crippen LogP contribution in [0.1, 0.15) is 18.7 Å². The van der Waals surface area contributed by atoms with Crippen LogP contribution in [0.25, 0.3) is 0 Å². The lowest BCUT2D eigenvalue weighted by Crippen LogP contribution is -2.35. The van der Waals surface area contributed by atoms with Crippen molar-refractivity contribution in [1.82, 2.24) is 0 Å². The molecule has 2 nitrogen and oxygen atoms in total. The molecule has 16 heavy (non-hydrogen) atoms. The quantitative estimate of drug-likeness (QED) is 0.746. The van der Waals surface area contributed by atoms with Crippen molar-refractivity contribution in [3.63, 3.8) is 0 Å². The lowest BCUT2D eigenvalue weighted by Gasteiger charge is -2.18. The number of hydrogen-bond donors (Lipinski definition) is 0. The standard InChI is InChI=1S/C11H11F3O2/c1-2-16-10(15)11(13,14)9(12)8-6-4-3-5-7-8/h3-7,9H,2H2,1H3. The first kappa shape index (κ1) is 12.5. The van der Waals surface area contributed by atoms with Crippen molar-refractivity contribution in [2.24, 2.45) is 0 Å². The Hall–Kier alpha value is -1.52. The van der Waals surface area contributed by atoms with E-state index < -0.39 is 18.1 Å². The van der Waals surface area contributed by atoms with Crippen molar-refractivity contribution in [2.45, 2.75) is 19.0 Å². The highest BCUT2D eigenvalue weighted by atomic mass is 19.3. The van der Waals surface area contributed by atoms with E-state index in [4.69, 9.17) is 0 Å². The highest BCUT2D eigenvalue weighted by molar-refractivity contribution is 5.78. The van der Waals surface area contributed by atoms with Gasteiger partial charge in [-0.25, -0.2) is 9.18 Å². The topological polar surface area (TPSA) is 26.3 Å². The molecule has 1 atom stereocenters. The molecule has 0 spiro atoms. The molecule has 0 radical (unpaired) electrons. The second kappa shape index (κ2) is 5.01. The Balaban J connectivity index is 2.87. The Morgan fingerprint density at radius 3 is 2.44 bits per heavy atom. The van der Waals surface area contributed by atoms with Gasteiger partial charge in [-0.1, -0.05) is 30.3 Å². The van der Waals surface area contributed by atoms with Crippen molar-refractivity contribution in [1.29, 1.82) is 0 Å². The summed E-state index contributed by atoms with van der Waals surface area (Å²) in [5, 5.41) is 0. The number of halogens is 3. The van der Waals surface area contributed by atoms with Gasteiger partial charge in [0.05, 0.1) is 6.61 Å². The van der Waals surface area contributed by atoms with Gasteiger partial charge in [0.25, 0.3) is 0 Å². The number of benzene rings is 1. The van der Waals surface area contributed by atoms with Crippen LogP contribution in [-0.2, 0) is 9.53 Å². The van der Waals surface area contributed by atoms with Crippen LogP contribution in [-0.4, -0.2) is 18.5 Å². The lowest BCUT2D eigenvalue weighted by molar-refractivity contribution is -0.182. The maximum absolute atomic E-state index is 13.4. The Kier molecular flexibility index (Phi) is 3.93.